The van der Waals surface area contributed by atoms with E-state index in [1.807, 2.05) is 30.3 Å². The SMILES string of the molecule is O=C(O)Cc1sc(N=NCc2ccc(O)cc2O)nc1-c1ccccc1. The Morgan fingerprint density at radius 2 is 1.88 bits per heavy atom. The lowest BCUT2D eigenvalue weighted by Gasteiger charge is -2.00. The number of phenolic OH excluding ortho intramolecular Hbond substituents is 2. The summed E-state index contributed by atoms with van der Waals surface area (Å²) in [6, 6.07) is 13.5. The van der Waals surface area contributed by atoms with Gasteiger partial charge in [0, 0.05) is 22.1 Å². The molecule has 0 aliphatic rings. The van der Waals surface area contributed by atoms with Crippen LogP contribution in [0.1, 0.15) is 10.4 Å². The van der Waals surface area contributed by atoms with Gasteiger partial charge >= 0.3 is 5.97 Å². The molecule has 0 fully saturated rings. The zero-order chi connectivity index (χ0) is 18.5. The van der Waals surface area contributed by atoms with Crippen molar-refractivity contribution in [3.63, 3.8) is 0 Å². The maximum absolute atomic E-state index is 11.1. The molecule has 0 amide bonds. The molecule has 1 aromatic heterocycles. The Kier molecular flexibility index (Phi) is 5.23. The van der Waals surface area contributed by atoms with Gasteiger partial charge < -0.3 is 15.3 Å². The molecule has 0 aliphatic heterocycles. The molecule has 3 rings (SSSR count). The second-order valence-electron chi connectivity index (χ2n) is 5.42. The van der Waals surface area contributed by atoms with Crippen LogP contribution in [0.5, 0.6) is 11.5 Å². The van der Waals surface area contributed by atoms with Gasteiger partial charge in [-0.15, -0.1) is 5.11 Å². The second kappa shape index (κ2) is 7.75. The number of azo groups is 1. The number of phenols is 2. The van der Waals surface area contributed by atoms with E-state index in [1.54, 1.807) is 6.07 Å². The minimum atomic E-state index is -0.941. The molecule has 3 N–H and O–H groups in total. The van der Waals surface area contributed by atoms with Crippen LogP contribution in [0.3, 0.4) is 0 Å². The van der Waals surface area contributed by atoms with E-state index in [1.165, 1.54) is 23.5 Å². The van der Waals surface area contributed by atoms with Crippen LogP contribution in [-0.2, 0) is 17.8 Å². The van der Waals surface area contributed by atoms with Crippen molar-refractivity contribution in [2.24, 2.45) is 10.2 Å². The predicted octanol–water partition coefficient (Wildman–Crippen LogP) is 4.13. The molecule has 0 unspecified atom stereocenters. The molecule has 0 aliphatic carbocycles. The lowest BCUT2D eigenvalue weighted by molar-refractivity contribution is -0.136. The van der Waals surface area contributed by atoms with E-state index in [-0.39, 0.29) is 24.5 Å². The topological polar surface area (TPSA) is 115 Å². The quantitative estimate of drug-likeness (QED) is 0.565. The fraction of sp³-hybridized carbons (Fsp3) is 0.111. The summed E-state index contributed by atoms with van der Waals surface area (Å²) in [6.07, 6.45) is -0.143. The third-order valence-corrected chi connectivity index (χ3v) is 4.45. The van der Waals surface area contributed by atoms with E-state index in [0.717, 1.165) is 5.56 Å². The molecular formula is C18H15N3O4S. The Labute approximate surface area is 152 Å². The van der Waals surface area contributed by atoms with Crippen molar-refractivity contribution >= 4 is 22.4 Å². The molecule has 0 spiro atoms. The Balaban J connectivity index is 1.83. The van der Waals surface area contributed by atoms with Gasteiger partial charge in [-0.3, -0.25) is 4.79 Å². The number of thiazole rings is 1. The van der Waals surface area contributed by atoms with E-state index in [9.17, 15) is 15.0 Å². The second-order valence-corrected chi connectivity index (χ2v) is 6.48. The first-order valence-electron chi connectivity index (χ1n) is 7.68. The number of hydrogen-bond donors (Lipinski definition) is 3. The fourth-order valence-corrected chi connectivity index (χ4v) is 3.23. The monoisotopic (exact) mass is 369 g/mol. The van der Waals surface area contributed by atoms with Crippen LogP contribution in [-0.4, -0.2) is 26.3 Å². The molecule has 0 radical (unpaired) electrons. The fourth-order valence-electron chi connectivity index (χ4n) is 2.32. The van der Waals surface area contributed by atoms with Crippen LogP contribution in [0, 0.1) is 0 Å². The smallest absolute Gasteiger partial charge is 0.308 e. The molecule has 8 heteroatoms. The summed E-state index contributed by atoms with van der Waals surface area (Å²) in [5, 5.41) is 36.5. The highest BCUT2D eigenvalue weighted by Gasteiger charge is 2.15. The van der Waals surface area contributed by atoms with Crippen LogP contribution >= 0.6 is 11.3 Å². The van der Waals surface area contributed by atoms with Crippen molar-refractivity contribution in [1.29, 1.82) is 0 Å². The van der Waals surface area contributed by atoms with Gasteiger partial charge in [-0.05, 0) is 12.1 Å². The van der Waals surface area contributed by atoms with Gasteiger partial charge in [0.25, 0.3) is 0 Å². The molecule has 3 aromatic rings. The zero-order valence-electron chi connectivity index (χ0n) is 13.5. The minimum Gasteiger partial charge on any atom is -0.508 e. The highest BCUT2D eigenvalue weighted by molar-refractivity contribution is 7.15. The first kappa shape index (κ1) is 17.6. The van der Waals surface area contributed by atoms with Gasteiger partial charge in [-0.25, -0.2) is 4.98 Å². The Hall–Kier alpha value is -3.26. The first-order valence-corrected chi connectivity index (χ1v) is 8.50. The minimum absolute atomic E-state index is 0.0334. The Morgan fingerprint density at radius 1 is 1.12 bits per heavy atom. The number of carboxylic acids is 1. The van der Waals surface area contributed by atoms with Gasteiger partial charge in [-0.2, -0.15) is 5.11 Å². The maximum Gasteiger partial charge on any atom is 0.308 e. The number of benzene rings is 2. The Bertz CT molecular complexity index is 954. The van der Waals surface area contributed by atoms with Gasteiger partial charge in [0.1, 0.15) is 11.5 Å². The molecule has 26 heavy (non-hydrogen) atoms. The zero-order valence-corrected chi connectivity index (χ0v) is 14.3. The predicted molar refractivity (Wildman–Crippen MR) is 96.9 cm³/mol. The summed E-state index contributed by atoms with van der Waals surface area (Å²) in [5.74, 6) is -1.04. The summed E-state index contributed by atoms with van der Waals surface area (Å²) in [7, 11) is 0. The Morgan fingerprint density at radius 3 is 2.58 bits per heavy atom. The van der Waals surface area contributed by atoms with Crippen molar-refractivity contribution < 1.29 is 20.1 Å². The molecule has 0 bridgehead atoms. The summed E-state index contributed by atoms with van der Waals surface area (Å²) in [6.45, 7) is 0.112. The van der Waals surface area contributed by atoms with Gasteiger partial charge in [0.05, 0.1) is 18.7 Å². The summed E-state index contributed by atoms with van der Waals surface area (Å²) in [4.78, 5) is 16.1. The number of carbonyl (C=O) groups is 1. The highest BCUT2D eigenvalue weighted by Crippen LogP contribution is 2.33. The third kappa shape index (κ3) is 4.22. The van der Waals surface area contributed by atoms with Gasteiger partial charge in [0.15, 0.2) is 0 Å². The van der Waals surface area contributed by atoms with Crippen LogP contribution in [0.25, 0.3) is 11.3 Å². The average molecular weight is 369 g/mol. The van der Waals surface area contributed by atoms with Gasteiger partial charge in [-0.1, -0.05) is 41.7 Å². The number of aromatic hydroxyl groups is 2. The van der Waals surface area contributed by atoms with Crippen LogP contribution in [0.4, 0.5) is 5.13 Å². The number of hydrogen-bond acceptors (Lipinski definition) is 7. The van der Waals surface area contributed by atoms with E-state index >= 15 is 0 Å². The van der Waals surface area contributed by atoms with Crippen molar-refractivity contribution in [3.05, 3.63) is 59.0 Å². The van der Waals surface area contributed by atoms with E-state index in [0.29, 0.717) is 21.3 Å². The maximum atomic E-state index is 11.1. The summed E-state index contributed by atoms with van der Waals surface area (Å²) < 4.78 is 0. The molecule has 7 nitrogen and oxygen atoms in total. The number of aromatic nitrogens is 1. The molecule has 0 saturated carbocycles. The summed E-state index contributed by atoms with van der Waals surface area (Å²) >= 11 is 1.17. The van der Waals surface area contributed by atoms with E-state index in [2.05, 4.69) is 15.2 Å². The van der Waals surface area contributed by atoms with Crippen LogP contribution in [0.15, 0.2) is 58.8 Å². The highest BCUT2D eigenvalue weighted by atomic mass is 32.1. The molecule has 0 saturated heterocycles. The van der Waals surface area contributed by atoms with E-state index < -0.39 is 5.97 Å². The number of aliphatic carboxylic acids is 1. The average Bonchev–Trinajstić information content (AvgIpc) is 2.99. The molecule has 132 valence electrons. The molecule has 0 atom stereocenters. The van der Waals surface area contributed by atoms with E-state index in [4.69, 9.17) is 5.11 Å². The lowest BCUT2D eigenvalue weighted by atomic mass is 10.1. The number of nitrogens with zero attached hydrogens (tertiary/aromatic N) is 3. The largest absolute Gasteiger partial charge is 0.508 e. The normalized spacial score (nSPS) is 11.1. The third-order valence-electron chi connectivity index (χ3n) is 3.51. The van der Waals surface area contributed by atoms with Crippen molar-refractivity contribution in [3.8, 4) is 22.8 Å². The first-order chi connectivity index (χ1) is 12.5. The van der Waals surface area contributed by atoms with Crippen LogP contribution in [0.2, 0.25) is 0 Å². The van der Waals surface area contributed by atoms with Crippen molar-refractivity contribution in [1.82, 2.24) is 4.98 Å². The van der Waals surface area contributed by atoms with Crippen LogP contribution < -0.4 is 0 Å². The molecule has 2 aromatic carbocycles. The van der Waals surface area contributed by atoms with Gasteiger partial charge in [0.2, 0.25) is 5.13 Å². The van der Waals surface area contributed by atoms with Crippen molar-refractivity contribution in [2.75, 3.05) is 0 Å². The molecular weight excluding hydrogens is 354 g/mol. The summed E-state index contributed by atoms with van der Waals surface area (Å²) in [5.41, 5.74) is 1.91. The number of rotatable bonds is 6. The van der Waals surface area contributed by atoms with Crippen molar-refractivity contribution in [2.45, 2.75) is 13.0 Å². The lowest BCUT2D eigenvalue weighted by Crippen LogP contribution is -1.99. The number of carboxylic acid groups (broad SMARTS) is 1. The standard InChI is InChI=1S/C18H15N3O4S/c22-13-7-6-12(14(23)8-13)10-19-21-18-20-17(11-4-2-1-3-5-11)15(26-18)9-16(24)25/h1-8,22-23H,9-10H2,(H,24,25). The molecule has 1 heterocycles.